The van der Waals surface area contributed by atoms with E-state index in [0.29, 0.717) is 30.8 Å². The normalized spacial score (nSPS) is 18.2. The summed E-state index contributed by atoms with van der Waals surface area (Å²) in [7, 11) is 0. The summed E-state index contributed by atoms with van der Waals surface area (Å²) in [6, 6.07) is -3.94. The molecule has 2 aromatic rings. The predicted octanol–water partition coefficient (Wildman–Crippen LogP) is -1.78. The monoisotopic (exact) mass is 492 g/mol. The topological polar surface area (TPSA) is 199 Å². The van der Waals surface area contributed by atoms with E-state index in [0.717, 1.165) is 0 Å². The maximum atomic E-state index is 13.1. The van der Waals surface area contributed by atoms with Crippen LogP contribution < -0.4 is 16.4 Å². The number of imidazole rings is 2. The Kier molecular flexibility index (Phi) is 8.65. The molecule has 0 radical (unpaired) electrons. The molecule has 1 aliphatic rings. The van der Waals surface area contributed by atoms with Gasteiger partial charge in [-0.1, -0.05) is 0 Å². The maximum absolute atomic E-state index is 13.1. The molecule has 0 spiro atoms. The largest absolute Gasteiger partial charge is 0.480 e. The number of rotatable bonds is 11. The van der Waals surface area contributed by atoms with Crippen molar-refractivity contribution in [2.75, 3.05) is 12.3 Å². The van der Waals surface area contributed by atoms with E-state index >= 15 is 0 Å². The number of carbonyl (C=O) groups excluding carboxylic acids is 3. The highest BCUT2D eigenvalue weighted by molar-refractivity contribution is 7.80. The smallest absolute Gasteiger partial charge is 0.326 e. The van der Waals surface area contributed by atoms with Gasteiger partial charge in [-0.25, -0.2) is 14.8 Å². The molecule has 0 saturated carbocycles. The van der Waals surface area contributed by atoms with Gasteiger partial charge in [0.1, 0.15) is 18.1 Å². The zero-order chi connectivity index (χ0) is 24.7. The lowest BCUT2D eigenvalue weighted by atomic mass is 10.1. The molecule has 3 rings (SSSR count). The highest BCUT2D eigenvalue weighted by Gasteiger charge is 2.38. The lowest BCUT2D eigenvalue weighted by Gasteiger charge is -2.29. The summed E-state index contributed by atoms with van der Waals surface area (Å²) in [5, 5.41) is 14.6. The number of nitrogens with zero attached hydrogens (tertiary/aromatic N) is 3. The van der Waals surface area contributed by atoms with Gasteiger partial charge in [-0.05, 0) is 12.8 Å². The number of thiol groups is 1. The van der Waals surface area contributed by atoms with Crippen LogP contribution in [0, 0.1) is 0 Å². The summed E-state index contributed by atoms with van der Waals surface area (Å²) in [6.07, 6.45) is 7.09. The van der Waals surface area contributed by atoms with Crippen LogP contribution >= 0.6 is 12.6 Å². The fourth-order valence-corrected chi connectivity index (χ4v) is 4.03. The van der Waals surface area contributed by atoms with Crippen molar-refractivity contribution < 1.29 is 24.3 Å². The number of hydrogen-bond acceptors (Lipinski definition) is 8. The Bertz CT molecular complexity index is 983. The summed E-state index contributed by atoms with van der Waals surface area (Å²) in [5.74, 6) is -2.78. The third-order valence-corrected chi connectivity index (χ3v) is 5.93. The molecule has 1 saturated heterocycles. The van der Waals surface area contributed by atoms with Crippen molar-refractivity contribution in [1.82, 2.24) is 35.5 Å². The molecule has 2 aromatic heterocycles. The molecular weight excluding hydrogens is 464 g/mol. The number of aromatic amines is 2. The van der Waals surface area contributed by atoms with Gasteiger partial charge in [0.15, 0.2) is 0 Å². The van der Waals surface area contributed by atoms with Crippen molar-refractivity contribution >= 4 is 36.3 Å². The molecule has 3 heterocycles. The minimum Gasteiger partial charge on any atom is -0.480 e. The molecule has 13 nitrogen and oxygen atoms in total. The van der Waals surface area contributed by atoms with E-state index in [1.54, 1.807) is 6.20 Å². The summed E-state index contributed by atoms with van der Waals surface area (Å²) in [6.45, 7) is 0.301. The lowest BCUT2D eigenvalue weighted by Crippen LogP contribution is -2.57. The first kappa shape index (κ1) is 25.2. The first-order valence-electron chi connectivity index (χ1n) is 10.7. The minimum atomic E-state index is -1.20. The van der Waals surface area contributed by atoms with E-state index in [1.165, 1.54) is 23.8 Å². The Labute approximate surface area is 200 Å². The molecule has 4 atom stereocenters. The number of aromatic nitrogens is 4. The highest BCUT2D eigenvalue weighted by atomic mass is 32.1. The van der Waals surface area contributed by atoms with Crippen LogP contribution in [0.3, 0.4) is 0 Å². The number of hydrogen-bond donors (Lipinski definition) is 7. The molecule has 7 N–H and O–H groups in total. The number of carboxylic acids is 1. The van der Waals surface area contributed by atoms with Gasteiger partial charge >= 0.3 is 5.97 Å². The summed E-state index contributed by atoms with van der Waals surface area (Å²) in [5.41, 5.74) is 7.17. The zero-order valence-electron chi connectivity index (χ0n) is 18.3. The molecule has 1 fully saturated rings. The molecule has 0 aliphatic carbocycles. The standard InChI is InChI=1S/C20H28N8O5S/c21-13(4-11-6-22-9-24-11)17(29)27-15(8-34)19(31)28-3-1-2-16(28)18(30)26-14(20(32)33)5-12-7-23-10-25-12/h6-7,9-10,13-16,34H,1-5,8,21H2,(H,22,24)(H,23,25)(H,26,30)(H,27,29)(H,32,33). The minimum absolute atomic E-state index is 0.00374. The highest BCUT2D eigenvalue weighted by Crippen LogP contribution is 2.19. The maximum Gasteiger partial charge on any atom is 0.326 e. The van der Waals surface area contributed by atoms with Crippen LogP contribution in [0.1, 0.15) is 24.2 Å². The second kappa shape index (κ2) is 11.7. The van der Waals surface area contributed by atoms with Gasteiger partial charge < -0.3 is 36.3 Å². The zero-order valence-corrected chi connectivity index (χ0v) is 19.2. The Morgan fingerprint density at radius 3 is 2.32 bits per heavy atom. The molecule has 34 heavy (non-hydrogen) atoms. The van der Waals surface area contributed by atoms with Gasteiger partial charge in [-0.2, -0.15) is 12.6 Å². The fraction of sp³-hybridized carbons (Fsp3) is 0.500. The Hall–Kier alpha value is -3.39. The van der Waals surface area contributed by atoms with Crippen LogP contribution in [0.15, 0.2) is 25.0 Å². The first-order valence-corrected chi connectivity index (χ1v) is 11.4. The average Bonchev–Trinajstić information content (AvgIpc) is 3.59. The predicted molar refractivity (Wildman–Crippen MR) is 123 cm³/mol. The molecule has 3 amide bonds. The van der Waals surface area contributed by atoms with Crippen molar-refractivity contribution in [3.05, 3.63) is 36.4 Å². The van der Waals surface area contributed by atoms with Crippen LogP contribution in [0.4, 0.5) is 0 Å². The number of amides is 3. The van der Waals surface area contributed by atoms with E-state index in [1.807, 2.05) is 0 Å². The quantitative estimate of drug-likeness (QED) is 0.178. The van der Waals surface area contributed by atoms with Crippen molar-refractivity contribution in [3.8, 4) is 0 Å². The van der Waals surface area contributed by atoms with Gasteiger partial charge in [0.2, 0.25) is 17.7 Å². The van der Waals surface area contributed by atoms with E-state index < -0.39 is 47.9 Å². The molecular formula is C20H28N8O5S. The molecule has 0 bridgehead atoms. The second-order valence-electron chi connectivity index (χ2n) is 8.00. The third kappa shape index (κ3) is 6.35. The number of nitrogens with one attached hydrogen (secondary N) is 4. The number of carboxylic acid groups (broad SMARTS) is 1. The van der Waals surface area contributed by atoms with Gasteiger partial charge in [0, 0.05) is 48.9 Å². The number of likely N-dealkylation sites (tertiary alicyclic amines) is 1. The van der Waals surface area contributed by atoms with Gasteiger partial charge in [-0.15, -0.1) is 0 Å². The first-order chi connectivity index (χ1) is 16.3. The van der Waals surface area contributed by atoms with Crippen LogP contribution in [-0.2, 0) is 32.0 Å². The van der Waals surface area contributed by atoms with E-state index in [2.05, 4.69) is 43.2 Å². The van der Waals surface area contributed by atoms with Crippen LogP contribution in [0.2, 0.25) is 0 Å². The lowest BCUT2D eigenvalue weighted by molar-refractivity contribution is -0.144. The molecule has 1 aliphatic heterocycles. The number of carbonyl (C=O) groups is 4. The van der Waals surface area contributed by atoms with Crippen LogP contribution in [-0.4, -0.2) is 90.1 Å². The number of nitrogens with two attached hydrogens (primary N) is 1. The van der Waals surface area contributed by atoms with Crippen molar-refractivity contribution in [3.63, 3.8) is 0 Å². The van der Waals surface area contributed by atoms with Gasteiger partial charge in [0.25, 0.3) is 0 Å². The molecule has 14 heteroatoms. The number of H-pyrrole nitrogens is 2. The third-order valence-electron chi connectivity index (χ3n) is 5.56. The molecule has 0 aromatic carbocycles. The molecule has 184 valence electrons. The van der Waals surface area contributed by atoms with Gasteiger partial charge in [0.05, 0.1) is 18.7 Å². The van der Waals surface area contributed by atoms with E-state index in [4.69, 9.17) is 5.73 Å². The SMILES string of the molecule is NC(Cc1cnc[nH]1)C(=O)NC(CS)C(=O)N1CCCC1C(=O)NC(Cc1cnc[nH]1)C(=O)O. The summed E-state index contributed by atoms with van der Waals surface area (Å²) < 4.78 is 0. The second-order valence-corrected chi connectivity index (χ2v) is 8.37. The Morgan fingerprint density at radius 1 is 1.12 bits per heavy atom. The molecule has 4 unspecified atom stereocenters. The van der Waals surface area contributed by atoms with Crippen molar-refractivity contribution in [2.45, 2.75) is 49.9 Å². The van der Waals surface area contributed by atoms with Crippen LogP contribution in [0.25, 0.3) is 0 Å². The number of aliphatic carboxylic acids is 1. The summed E-state index contributed by atoms with van der Waals surface area (Å²) in [4.78, 5) is 64.9. The Morgan fingerprint density at radius 2 is 1.76 bits per heavy atom. The average molecular weight is 493 g/mol. The van der Waals surface area contributed by atoms with E-state index in [9.17, 15) is 24.3 Å². The van der Waals surface area contributed by atoms with Crippen LogP contribution in [0.5, 0.6) is 0 Å². The van der Waals surface area contributed by atoms with Gasteiger partial charge in [-0.3, -0.25) is 14.4 Å². The van der Waals surface area contributed by atoms with Crippen molar-refractivity contribution in [2.24, 2.45) is 5.73 Å². The Balaban J connectivity index is 1.61. The van der Waals surface area contributed by atoms with Crippen molar-refractivity contribution in [1.29, 1.82) is 0 Å². The summed E-state index contributed by atoms with van der Waals surface area (Å²) >= 11 is 4.19. The van der Waals surface area contributed by atoms with E-state index in [-0.39, 0.29) is 18.6 Å². The fourth-order valence-electron chi connectivity index (χ4n) is 3.78.